The Kier molecular flexibility index (Phi) is 3.35. The molecule has 17 heavy (non-hydrogen) atoms. The Morgan fingerprint density at radius 2 is 2.18 bits per heavy atom. The molecule has 0 bridgehead atoms. The molecule has 5 heteroatoms. The van der Waals surface area contributed by atoms with E-state index in [1.807, 2.05) is 0 Å². The van der Waals surface area contributed by atoms with Crippen LogP contribution in [-0.4, -0.2) is 10.9 Å². The van der Waals surface area contributed by atoms with Crippen LogP contribution in [0.3, 0.4) is 0 Å². The molecule has 0 saturated carbocycles. The number of anilines is 1. The van der Waals surface area contributed by atoms with Gasteiger partial charge < -0.3 is 5.32 Å². The monoisotopic (exact) mass is 250 g/mol. The molecule has 2 aromatic rings. The minimum atomic E-state index is -0.574. The van der Waals surface area contributed by atoms with Gasteiger partial charge in [-0.3, -0.25) is 9.78 Å². The SMILES string of the molecule is O=C(Nc1ccc(Cl)cc1F)c1cccnc1. The average molecular weight is 251 g/mol. The van der Waals surface area contributed by atoms with Crippen molar-refractivity contribution in [1.82, 2.24) is 4.98 Å². The topological polar surface area (TPSA) is 42.0 Å². The summed E-state index contributed by atoms with van der Waals surface area (Å²) >= 11 is 5.61. The van der Waals surface area contributed by atoms with Crippen molar-refractivity contribution < 1.29 is 9.18 Å². The van der Waals surface area contributed by atoms with Gasteiger partial charge in [-0.1, -0.05) is 11.6 Å². The van der Waals surface area contributed by atoms with Crippen LogP contribution < -0.4 is 5.32 Å². The Morgan fingerprint density at radius 1 is 1.35 bits per heavy atom. The molecule has 1 heterocycles. The van der Waals surface area contributed by atoms with Gasteiger partial charge in [0.1, 0.15) is 5.82 Å². The first-order valence-electron chi connectivity index (χ1n) is 4.83. The van der Waals surface area contributed by atoms with E-state index in [9.17, 15) is 9.18 Å². The summed E-state index contributed by atoms with van der Waals surface area (Å²) < 4.78 is 13.4. The number of aromatic nitrogens is 1. The van der Waals surface area contributed by atoms with Gasteiger partial charge in [-0.2, -0.15) is 0 Å². The molecule has 1 aromatic carbocycles. The van der Waals surface area contributed by atoms with E-state index in [0.717, 1.165) is 6.07 Å². The first-order valence-corrected chi connectivity index (χ1v) is 5.21. The van der Waals surface area contributed by atoms with E-state index in [-0.39, 0.29) is 10.7 Å². The summed E-state index contributed by atoms with van der Waals surface area (Å²) in [6, 6.07) is 7.28. The minimum absolute atomic E-state index is 0.0863. The number of nitrogens with zero attached hydrogens (tertiary/aromatic N) is 1. The average Bonchev–Trinajstić information content (AvgIpc) is 2.34. The fourth-order valence-electron chi connectivity index (χ4n) is 1.28. The second kappa shape index (κ2) is 4.93. The number of hydrogen-bond donors (Lipinski definition) is 1. The van der Waals surface area contributed by atoms with Gasteiger partial charge >= 0.3 is 0 Å². The highest BCUT2D eigenvalue weighted by molar-refractivity contribution is 6.30. The van der Waals surface area contributed by atoms with Crippen molar-refractivity contribution in [3.8, 4) is 0 Å². The molecule has 0 atom stereocenters. The van der Waals surface area contributed by atoms with Crippen molar-refractivity contribution >= 4 is 23.2 Å². The van der Waals surface area contributed by atoms with Crippen molar-refractivity contribution in [3.05, 3.63) is 59.1 Å². The highest BCUT2D eigenvalue weighted by Crippen LogP contribution is 2.19. The molecule has 0 spiro atoms. The number of pyridine rings is 1. The van der Waals surface area contributed by atoms with E-state index in [1.165, 1.54) is 18.3 Å². The largest absolute Gasteiger partial charge is 0.319 e. The van der Waals surface area contributed by atoms with Crippen LogP contribution in [0.15, 0.2) is 42.7 Å². The molecule has 0 unspecified atom stereocenters. The van der Waals surface area contributed by atoms with Gasteiger partial charge in [-0.25, -0.2) is 4.39 Å². The molecule has 2 rings (SSSR count). The van der Waals surface area contributed by atoms with Crippen LogP contribution in [0.25, 0.3) is 0 Å². The lowest BCUT2D eigenvalue weighted by atomic mass is 10.2. The predicted molar refractivity (Wildman–Crippen MR) is 63.6 cm³/mol. The van der Waals surface area contributed by atoms with Crippen molar-refractivity contribution in [2.24, 2.45) is 0 Å². The summed E-state index contributed by atoms with van der Waals surface area (Å²) in [6.45, 7) is 0. The summed E-state index contributed by atoms with van der Waals surface area (Å²) in [4.78, 5) is 15.5. The van der Waals surface area contributed by atoms with Crippen molar-refractivity contribution in [2.75, 3.05) is 5.32 Å². The summed E-state index contributed by atoms with van der Waals surface area (Å²) in [5.41, 5.74) is 0.449. The maximum Gasteiger partial charge on any atom is 0.257 e. The molecule has 0 saturated heterocycles. The number of nitrogens with one attached hydrogen (secondary N) is 1. The van der Waals surface area contributed by atoms with Crippen LogP contribution in [0.4, 0.5) is 10.1 Å². The molecule has 0 fully saturated rings. The number of amides is 1. The zero-order valence-corrected chi connectivity index (χ0v) is 9.41. The van der Waals surface area contributed by atoms with E-state index in [1.54, 1.807) is 18.3 Å². The number of benzene rings is 1. The van der Waals surface area contributed by atoms with Crippen LogP contribution in [-0.2, 0) is 0 Å². The summed E-state index contributed by atoms with van der Waals surface area (Å²) in [5.74, 6) is -0.992. The maximum atomic E-state index is 13.4. The molecule has 3 nitrogen and oxygen atoms in total. The lowest BCUT2D eigenvalue weighted by Gasteiger charge is -2.06. The van der Waals surface area contributed by atoms with Gasteiger partial charge in [-0.15, -0.1) is 0 Å². The molecule has 1 aromatic heterocycles. The minimum Gasteiger partial charge on any atom is -0.319 e. The highest BCUT2D eigenvalue weighted by Gasteiger charge is 2.09. The van der Waals surface area contributed by atoms with Crippen molar-refractivity contribution in [1.29, 1.82) is 0 Å². The summed E-state index contributed by atoms with van der Waals surface area (Å²) in [7, 11) is 0. The van der Waals surface area contributed by atoms with Gasteiger partial charge in [-0.05, 0) is 30.3 Å². The molecular weight excluding hydrogens is 243 g/mol. The zero-order chi connectivity index (χ0) is 12.3. The highest BCUT2D eigenvalue weighted by atomic mass is 35.5. The van der Waals surface area contributed by atoms with Gasteiger partial charge in [0.25, 0.3) is 5.91 Å². The lowest BCUT2D eigenvalue weighted by Crippen LogP contribution is -2.13. The molecule has 1 N–H and O–H groups in total. The number of carbonyl (C=O) groups excluding carboxylic acids is 1. The van der Waals surface area contributed by atoms with Gasteiger partial charge in [0, 0.05) is 17.4 Å². The van der Waals surface area contributed by atoms with E-state index in [2.05, 4.69) is 10.3 Å². The Bertz CT molecular complexity index is 545. The Morgan fingerprint density at radius 3 is 2.82 bits per heavy atom. The Hall–Kier alpha value is -1.94. The quantitative estimate of drug-likeness (QED) is 0.890. The van der Waals surface area contributed by atoms with Crippen LogP contribution >= 0.6 is 11.6 Å². The number of carbonyl (C=O) groups is 1. The summed E-state index contributed by atoms with van der Waals surface area (Å²) in [5, 5.41) is 2.72. The molecule has 0 aliphatic carbocycles. The third-order valence-electron chi connectivity index (χ3n) is 2.10. The van der Waals surface area contributed by atoms with Crippen LogP contribution in [0.5, 0.6) is 0 Å². The first-order chi connectivity index (χ1) is 8.16. The third-order valence-corrected chi connectivity index (χ3v) is 2.34. The molecule has 0 aliphatic rings. The van der Waals surface area contributed by atoms with Crippen molar-refractivity contribution in [2.45, 2.75) is 0 Å². The fraction of sp³-hybridized carbons (Fsp3) is 0. The van der Waals surface area contributed by atoms with Gasteiger partial charge in [0.15, 0.2) is 0 Å². The lowest BCUT2D eigenvalue weighted by molar-refractivity contribution is 0.102. The number of hydrogen-bond acceptors (Lipinski definition) is 2. The van der Waals surface area contributed by atoms with E-state index in [0.29, 0.717) is 5.56 Å². The van der Waals surface area contributed by atoms with E-state index < -0.39 is 11.7 Å². The van der Waals surface area contributed by atoms with Crippen molar-refractivity contribution in [3.63, 3.8) is 0 Å². The van der Waals surface area contributed by atoms with Gasteiger partial charge in [0.2, 0.25) is 0 Å². The fourth-order valence-corrected chi connectivity index (χ4v) is 1.44. The second-order valence-electron chi connectivity index (χ2n) is 3.32. The molecule has 1 amide bonds. The number of rotatable bonds is 2. The third kappa shape index (κ3) is 2.79. The Labute approximate surface area is 102 Å². The molecule has 0 aliphatic heterocycles. The molecule has 0 radical (unpaired) electrons. The standard InChI is InChI=1S/C12H8ClFN2O/c13-9-3-4-11(10(14)6-9)16-12(17)8-2-1-5-15-7-8/h1-7H,(H,16,17). The second-order valence-corrected chi connectivity index (χ2v) is 3.76. The smallest absolute Gasteiger partial charge is 0.257 e. The molecule has 86 valence electrons. The Balaban J connectivity index is 2.19. The number of halogens is 2. The summed E-state index contributed by atoms with van der Waals surface area (Å²) in [6.07, 6.45) is 2.96. The first kappa shape index (κ1) is 11.5. The van der Waals surface area contributed by atoms with Crippen LogP contribution in [0.1, 0.15) is 10.4 Å². The zero-order valence-electron chi connectivity index (χ0n) is 8.65. The predicted octanol–water partition coefficient (Wildman–Crippen LogP) is 3.13. The van der Waals surface area contributed by atoms with E-state index >= 15 is 0 Å². The van der Waals surface area contributed by atoms with E-state index in [4.69, 9.17) is 11.6 Å². The maximum absolute atomic E-state index is 13.4. The molecular formula is C12H8ClFN2O. The van der Waals surface area contributed by atoms with Crippen LogP contribution in [0, 0.1) is 5.82 Å². The normalized spacial score (nSPS) is 10.0. The van der Waals surface area contributed by atoms with Gasteiger partial charge in [0.05, 0.1) is 11.3 Å². The van der Waals surface area contributed by atoms with Crippen LogP contribution in [0.2, 0.25) is 5.02 Å².